The van der Waals surface area contributed by atoms with Crippen molar-refractivity contribution in [1.29, 1.82) is 0 Å². The molecule has 2 heterocycles. The number of carbonyl (C=O) groups is 1. The number of para-hydroxylation sites is 1. The topological polar surface area (TPSA) is 51.1 Å². The summed E-state index contributed by atoms with van der Waals surface area (Å²) in [6.07, 6.45) is 3.71. The van der Waals surface area contributed by atoms with E-state index >= 15 is 0 Å². The van der Waals surface area contributed by atoms with Gasteiger partial charge in [-0.3, -0.25) is 9.59 Å². The number of hydrogen-bond donors (Lipinski definition) is 1. The molecule has 1 aromatic heterocycles. The molecule has 4 nitrogen and oxygen atoms in total. The monoisotopic (exact) mass is 410 g/mol. The highest BCUT2D eigenvalue weighted by Gasteiger charge is 2.20. The molecule has 0 bridgehead atoms. The Morgan fingerprint density at radius 3 is 2.73 bits per heavy atom. The summed E-state index contributed by atoms with van der Waals surface area (Å²) in [7, 11) is 0. The molecule has 1 atom stereocenters. The third kappa shape index (κ3) is 2.97. The molecular weight excluding hydrogens is 392 g/mol. The highest BCUT2D eigenvalue weighted by molar-refractivity contribution is 9.10. The van der Waals surface area contributed by atoms with Crippen LogP contribution in [-0.2, 0) is 13.0 Å². The van der Waals surface area contributed by atoms with Crippen LogP contribution in [-0.4, -0.2) is 10.5 Å². The van der Waals surface area contributed by atoms with Crippen LogP contribution in [0.15, 0.2) is 57.9 Å². The van der Waals surface area contributed by atoms with Gasteiger partial charge in [0.25, 0.3) is 5.91 Å². The molecule has 0 unspecified atom stereocenters. The molecule has 1 amide bonds. The molecular formula is C21H19BrN2O2. The average molecular weight is 411 g/mol. The first-order valence-electron chi connectivity index (χ1n) is 8.76. The lowest BCUT2D eigenvalue weighted by Crippen LogP contribution is -2.32. The Kier molecular flexibility index (Phi) is 4.41. The Balaban J connectivity index is 1.70. The molecule has 0 spiro atoms. The molecule has 26 heavy (non-hydrogen) atoms. The van der Waals surface area contributed by atoms with Crippen LogP contribution in [0.4, 0.5) is 0 Å². The van der Waals surface area contributed by atoms with Crippen molar-refractivity contribution in [3.8, 4) is 0 Å². The largest absolute Gasteiger partial charge is 0.346 e. The predicted molar refractivity (Wildman–Crippen MR) is 107 cm³/mol. The van der Waals surface area contributed by atoms with Crippen LogP contribution < -0.4 is 10.7 Å². The van der Waals surface area contributed by atoms with Crippen LogP contribution >= 0.6 is 15.9 Å². The van der Waals surface area contributed by atoms with Crippen molar-refractivity contribution >= 4 is 32.7 Å². The summed E-state index contributed by atoms with van der Waals surface area (Å²) in [4.78, 5) is 25.7. The van der Waals surface area contributed by atoms with Crippen LogP contribution in [0, 0.1) is 0 Å². The summed E-state index contributed by atoms with van der Waals surface area (Å²) < 4.78 is 3.04. The molecule has 0 saturated heterocycles. The standard InChI is InChI=1S/C21H19BrN2O2/c1-13(14-7-9-16(22)10-8-14)23-21(26)18-12-24-11-3-5-15-4-2-6-17(19(15)24)20(18)25/h2,4,6-10,12-13H,3,5,11H2,1H3,(H,23,26)/t13-/m1/s1. The van der Waals surface area contributed by atoms with Gasteiger partial charge >= 0.3 is 0 Å². The van der Waals surface area contributed by atoms with Crippen LogP contribution in [0.3, 0.4) is 0 Å². The Hall–Kier alpha value is -2.40. The van der Waals surface area contributed by atoms with Gasteiger partial charge in [-0.1, -0.05) is 40.2 Å². The van der Waals surface area contributed by atoms with Gasteiger partial charge in [0.15, 0.2) is 0 Å². The molecule has 1 aliphatic heterocycles. The van der Waals surface area contributed by atoms with Gasteiger partial charge < -0.3 is 9.88 Å². The predicted octanol–water partition coefficient (Wildman–Crippen LogP) is 4.20. The number of rotatable bonds is 3. The quantitative estimate of drug-likeness (QED) is 0.703. The SMILES string of the molecule is C[C@@H](NC(=O)c1cn2c3c(cccc3c1=O)CCC2)c1ccc(Br)cc1. The molecule has 0 saturated carbocycles. The zero-order valence-corrected chi connectivity index (χ0v) is 16.0. The number of pyridine rings is 1. The van der Waals surface area contributed by atoms with Crippen LogP contribution in [0.1, 0.15) is 40.9 Å². The number of carbonyl (C=O) groups excluding carboxylic acids is 1. The van der Waals surface area contributed by atoms with Gasteiger partial charge in [-0.2, -0.15) is 0 Å². The minimum Gasteiger partial charge on any atom is -0.346 e. The number of aromatic nitrogens is 1. The maximum absolute atomic E-state index is 12.9. The zero-order valence-electron chi connectivity index (χ0n) is 14.5. The van der Waals surface area contributed by atoms with Gasteiger partial charge in [-0.05, 0) is 49.1 Å². The number of nitrogens with zero attached hydrogens (tertiary/aromatic N) is 1. The number of aryl methyl sites for hydroxylation is 2. The van der Waals surface area contributed by atoms with Gasteiger partial charge in [0.2, 0.25) is 5.43 Å². The second-order valence-electron chi connectivity index (χ2n) is 6.73. The number of hydrogen-bond acceptors (Lipinski definition) is 2. The summed E-state index contributed by atoms with van der Waals surface area (Å²) in [6, 6.07) is 13.4. The van der Waals surface area contributed by atoms with Crippen LogP contribution in [0.25, 0.3) is 10.9 Å². The summed E-state index contributed by atoms with van der Waals surface area (Å²) >= 11 is 3.41. The Bertz CT molecular complexity index is 1050. The number of nitrogens with one attached hydrogen (secondary N) is 1. The Morgan fingerprint density at radius 2 is 1.96 bits per heavy atom. The summed E-state index contributed by atoms with van der Waals surface area (Å²) in [6.45, 7) is 2.75. The molecule has 0 fully saturated rings. The van der Waals surface area contributed by atoms with E-state index in [1.165, 1.54) is 5.56 Å². The van der Waals surface area contributed by atoms with E-state index in [1.807, 2.05) is 43.3 Å². The second-order valence-corrected chi connectivity index (χ2v) is 7.64. The van der Waals surface area contributed by atoms with Crippen molar-refractivity contribution in [3.05, 3.63) is 80.0 Å². The normalized spacial score (nSPS) is 14.2. The average Bonchev–Trinajstić information content (AvgIpc) is 2.65. The van der Waals surface area contributed by atoms with Gasteiger partial charge in [-0.15, -0.1) is 0 Å². The fourth-order valence-corrected chi connectivity index (χ4v) is 3.89. The van der Waals surface area contributed by atoms with E-state index in [9.17, 15) is 9.59 Å². The third-order valence-corrected chi connectivity index (χ3v) is 5.52. The summed E-state index contributed by atoms with van der Waals surface area (Å²) in [5.74, 6) is -0.327. The molecule has 3 aromatic rings. The number of amides is 1. The van der Waals surface area contributed by atoms with Gasteiger partial charge in [0, 0.05) is 22.6 Å². The van der Waals surface area contributed by atoms with E-state index in [-0.39, 0.29) is 22.9 Å². The summed E-state index contributed by atoms with van der Waals surface area (Å²) in [5.41, 5.74) is 3.16. The van der Waals surface area contributed by atoms with Crippen molar-refractivity contribution in [2.45, 2.75) is 32.4 Å². The maximum atomic E-state index is 12.9. The van der Waals surface area contributed by atoms with E-state index in [4.69, 9.17) is 0 Å². The molecule has 0 aliphatic carbocycles. The van der Waals surface area contributed by atoms with Crippen molar-refractivity contribution in [1.82, 2.24) is 9.88 Å². The molecule has 1 aliphatic rings. The van der Waals surface area contributed by atoms with E-state index < -0.39 is 0 Å². The molecule has 0 radical (unpaired) electrons. The molecule has 1 N–H and O–H groups in total. The van der Waals surface area contributed by atoms with E-state index in [0.29, 0.717) is 5.39 Å². The lowest BCUT2D eigenvalue weighted by atomic mass is 9.99. The fraction of sp³-hybridized carbons (Fsp3) is 0.238. The van der Waals surface area contributed by atoms with Gasteiger partial charge in [0.05, 0.1) is 11.6 Å². The van der Waals surface area contributed by atoms with E-state index in [0.717, 1.165) is 34.9 Å². The van der Waals surface area contributed by atoms with Crippen LogP contribution in [0.2, 0.25) is 0 Å². The smallest absolute Gasteiger partial charge is 0.257 e. The minimum atomic E-state index is -0.327. The molecule has 132 valence electrons. The first-order valence-corrected chi connectivity index (χ1v) is 9.55. The highest BCUT2D eigenvalue weighted by Crippen LogP contribution is 2.24. The van der Waals surface area contributed by atoms with Crippen molar-refractivity contribution in [3.63, 3.8) is 0 Å². The first-order chi connectivity index (χ1) is 12.5. The minimum absolute atomic E-state index is 0.182. The summed E-state index contributed by atoms with van der Waals surface area (Å²) in [5, 5.41) is 3.58. The van der Waals surface area contributed by atoms with E-state index in [2.05, 4.69) is 31.9 Å². The lowest BCUT2D eigenvalue weighted by molar-refractivity contribution is 0.0938. The molecule has 5 heteroatoms. The Labute approximate surface area is 160 Å². The fourth-order valence-electron chi connectivity index (χ4n) is 3.63. The van der Waals surface area contributed by atoms with Gasteiger partial charge in [0.1, 0.15) is 5.56 Å². The van der Waals surface area contributed by atoms with Crippen molar-refractivity contribution in [2.75, 3.05) is 0 Å². The first kappa shape index (κ1) is 17.0. The Morgan fingerprint density at radius 1 is 1.19 bits per heavy atom. The second kappa shape index (κ2) is 6.72. The van der Waals surface area contributed by atoms with E-state index in [1.54, 1.807) is 6.20 Å². The lowest BCUT2D eigenvalue weighted by Gasteiger charge is -2.21. The number of halogens is 1. The molecule has 2 aromatic carbocycles. The van der Waals surface area contributed by atoms with Crippen LogP contribution in [0.5, 0.6) is 0 Å². The molecule has 4 rings (SSSR count). The number of benzene rings is 2. The highest BCUT2D eigenvalue weighted by atomic mass is 79.9. The third-order valence-electron chi connectivity index (χ3n) is 4.99. The maximum Gasteiger partial charge on any atom is 0.257 e. The van der Waals surface area contributed by atoms with Crippen molar-refractivity contribution in [2.24, 2.45) is 0 Å². The zero-order chi connectivity index (χ0) is 18.3. The van der Waals surface area contributed by atoms with Gasteiger partial charge in [-0.25, -0.2) is 0 Å². The van der Waals surface area contributed by atoms with Crippen molar-refractivity contribution < 1.29 is 4.79 Å².